The average molecular weight is 440 g/mol. The highest BCUT2D eigenvalue weighted by atomic mass is 127. The van der Waals surface area contributed by atoms with Gasteiger partial charge in [0.2, 0.25) is 5.91 Å². The maximum Gasteiger partial charge on any atom is 0.225 e. The summed E-state index contributed by atoms with van der Waals surface area (Å²) in [6.45, 7) is 4.52. The van der Waals surface area contributed by atoms with Crippen LogP contribution >= 0.6 is 24.0 Å². The standard InChI is InChI=1S/C16H29FN4O.HI/c1-2-18-16(19-10-5-9-17)20-14-8-11-21(12-14)15(22)13-6-3-4-7-13;/h13-14H,2-12H2,1H3,(H2,18,19,20);1H. The van der Waals surface area contributed by atoms with E-state index in [9.17, 15) is 9.18 Å². The van der Waals surface area contributed by atoms with Gasteiger partial charge in [-0.25, -0.2) is 0 Å². The van der Waals surface area contributed by atoms with Gasteiger partial charge in [0, 0.05) is 38.1 Å². The maximum atomic E-state index is 12.4. The van der Waals surface area contributed by atoms with E-state index in [2.05, 4.69) is 15.6 Å². The Hall–Kier alpha value is -0.600. The van der Waals surface area contributed by atoms with Gasteiger partial charge in [-0.1, -0.05) is 12.8 Å². The van der Waals surface area contributed by atoms with Crippen molar-refractivity contribution in [2.24, 2.45) is 10.9 Å². The molecule has 1 atom stereocenters. The summed E-state index contributed by atoms with van der Waals surface area (Å²) in [6.07, 6.45) is 5.90. The smallest absolute Gasteiger partial charge is 0.225 e. The zero-order chi connectivity index (χ0) is 15.8. The number of amides is 1. The lowest BCUT2D eigenvalue weighted by atomic mass is 10.1. The Kier molecular flexibility index (Phi) is 9.81. The second-order valence-electron chi connectivity index (χ2n) is 6.20. The fourth-order valence-corrected chi connectivity index (χ4v) is 3.27. The summed E-state index contributed by atoms with van der Waals surface area (Å²) in [6, 6.07) is 0.244. The summed E-state index contributed by atoms with van der Waals surface area (Å²) in [7, 11) is 0. The maximum absolute atomic E-state index is 12.4. The van der Waals surface area contributed by atoms with E-state index in [1.807, 2.05) is 11.8 Å². The monoisotopic (exact) mass is 440 g/mol. The van der Waals surface area contributed by atoms with Crippen molar-refractivity contribution < 1.29 is 9.18 Å². The Morgan fingerprint density at radius 1 is 1.30 bits per heavy atom. The topological polar surface area (TPSA) is 56.7 Å². The lowest BCUT2D eigenvalue weighted by Gasteiger charge is -2.21. The highest BCUT2D eigenvalue weighted by molar-refractivity contribution is 14.0. The number of nitrogens with one attached hydrogen (secondary N) is 2. The first-order valence-corrected chi connectivity index (χ1v) is 8.64. The normalized spacial score (nSPS) is 22.1. The minimum absolute atomic E-state index is 0. The van der Waals surface area contributed by atoms with Crippen LogP contribution in [0.5, 0.6) is 0 Å². The van der Waals surface area contributed by atoms with Gasteiger partial charge in [-0.15, -0.1) is 24.0 Å². The molecule has 2 fully saturated rings. The molecule has 1 amide bonds. The largest absolute Gasteiger partial charge is 0.357 e. The molecule has 1 saturated heterocycles. The van der Waals surface area contributed by atoms with E-state index < -0.39 is 0 Å². The molecule has 5 nitrogen and oxygen atoms in total. The molecule has 0 radical (unpaired) electrons. The van der Waals surface area contributed by atoms with E-state index in [1.54, 1.807) is 0 Å². The summed E-state index contributed by atoms with van der Waals surface area (Å²) < 4.78 is 12.2. The van der Waals surface area contributed by atoms with Crippen LogP contribution < -0.4 is 10.6 Å². The van der Waals surface area contributed by atoms with Crippen molar-refractivity contribution in [3.8, 4) is 0 Å². The van der Waals surface area contributed by atoms with E-state index in [0.29, 0.717) is 18.9 Å². The van der Waals surface area contributed by atoms with Crippen LogP contribution in [0.3, 0.4) is 0 Å². The average Bonchev–Trinajstić information content (AvgIpc) is 3.18. The van der Waals surface area contributed by atoms with Crippen LogP contribution in [-0.2, 0) is 4.79 Å². The lowest BCUT2D eigenvalue weighted by molar-refractivity contribution is -0.134. The molecular formula is C16H30FIN4O. The molecule has 0 aromatic rings. The van der Waals surface area contributed by atoms with Gasteiger partial charge >= 0.3 is 0 Å². The van der Waals surface area contributed by atoms with Crippen LogP contribution in [0.25, 0.3) is 0 Å². The number of hydrogen-bond donors (Lipinski definition) is 2. The quantitative estimate of drug-likeness (QED) is 0.289. The fraction of sp³-hybridized carbons (Fsp3) is 0.875. The van der Waals surface area contributed by atoms with E-state index in [1.165, 1.54) is 12.8 Å². The van der Waals surface area contributed by atoms with Crippen molar-refractivity contribution in [3.05, 3.63) is 0 Å². The number of carbonyl (C=O) groups is 1. The SMILES string of the molecule is CCNC(=NCCCF)NC1CCN(C(=O)C2CCCC2)C1.I. The lowest BCUT2D eigenvalue weighted by Crippen LogP contribution is -2.45. The molecule has 1 saturated carbocycles. The van der Waals surface area contributed by atoms with Crippen LogP contribution in [0.4, 0.5) is 4.39 Å². The molecule has 134 valence electrons. The van der Waals surface area contributed by atoms with Gasteiger partial charge < -0.3 is 15.5 Å². The van der Waals surface area contributed by atoms with Gasteiger partial charge in [0.1, 0.15) is 0 Å². The third kappa shape index (κ3) is 6.43. The van der Waals surface area contributed by atoms with Crippen molar-refractivity contribution in [3.63, 3.8) is 0 Å². The van der Waals surface area contributed by atoms with Gasteiger partial charge in [0.15, 0.2) is 5.96 Å². The van der Waals surface area contributed by atoms with Gasteiger partial charge in [-0.2, -0.15) is 0 Å². The predicted molar refractivity (Wildman–Crippen MR) is 102 cm³/mol. The molecule has 0 aromatic carbocycles. The predicted octanol–water partition coefficient (Wildman–Crippen LogP) is 2.31. The summed E-state index contributed by atoms with van der Waals surface area (Å²) in [4.78, 5) is 18.8. The third-order valence-electron chi connectivity index (χ3n) is 4.45. The number of carbonyl (C=O) groups excluding carboxylic acids is 1. The van der Waals surface area contributed by atoms with E-state index >= 15 is 0 Å². The van der Waals surface area contributed by atoms with Crippen LogP contribution in [0.2, 0.25) is 0 Å². The molecule has 0 spiro atoms. The molecule has 7 heteroatoms. The molecular weight excluding hydrogens is 410 g/mol. The second-order valence-corrected chi connectivity index (χ2v) is 6.20. The molecule has 2 N–H and O–H groups in total. The van der Waals surface area contributed by atoms with Crippen molar-refractivity contribution in [1.29, 1.82) is 0 Å². The Bertz CT molecular complexity index is 388. The first kappa shape index (κ1) is 20.4. The van der Waals surface area contributed by atoms with Crippen molar-refractivity contribution >= 4 is 35.8 Å². The number of likely N-dealkylation sites (tertiary alicyclic amines) is 1. The van der Waals surface area contributed by atoms with Crippen molar-refractivity contribution in [2.75, 3.05) is 32.9 Å². The van der Waals surface area contributed by atoms with Gasteiger partial charge in [0.05, 0.1) is 6.67 Å². The zero-order valence-corrected chi connectivity index (χ0v) is 16.4. The highest BCUT2D eigenvalue weighted by Gasteiger charge is 2.32. The molecule has 2 rings (SSSR count). The van der Waals surface area contributed by atoms with Crippen molar-refractivity contribution in [1.82, 2.24) is 15.5 Å². The first-order chi connectivity index (χ1) is 10.7. The Labute approximate surface area is 155 Å². The summed E-state index contributed by atoms with van der Waals surface area (Å²) in [5.41, 5.74) is 0. The number of halogens is 2. The molecule has 1 aliphatic heterocycles. The van der Waals surface area contributed by atoms with Crippen LogP contribution in [0.1, 0.15) is 45.4 Å². The molecule has 1 aliphatic carbocycles. The first-order valence-electron chi connectivity index (χ1n) is 8.64. The summed E-state index contributed by atoms with van der Waals surface area (Å²) >= 11 is 0. The Morgan fingerprint density at radius 2 is 2.04 bits per heavy atom. The number of aliphatic imine (C=N–C) groups is 1. The number of hydrogen-bond acceptors (Lipinski definition) is 2. The molecule has 2 aliphatic rings. The summed E-state index contributed by atoms with van der Waals surface area (Å²) in [5.74, 6) is 1.32. The number of alkyl halides is 1. The van der Waals surface area contributed by atoms with Crippen LogP contribution in [0, 0.1) is 5.92 Å². The van der Waals surface area contributed by atoms with Crippen LogP contribution in [0.15, 0.2) is 4.99 Å². The number of nitrogens with zero attached hydrogens (tertiary/aromatic N) is 2. The van der Waals surface area contributed by atoms with Crippen LogP contribution in [-0.4, -0.2) is 55.7 Å². The number of guanidine groups is 1. The Balaban J connectivity index is 0.00000264. The minimum Gasteiger partial charge on any atom is -0.357 e. The molecule has 1 unspecified atom stereocenters. The van der Waals surface area contributed by atoms with Gasteiger partial charge in [-0.3, -0.25) is 14.2 Å². The van der Waals surface area contributed by atoms with Crippen molar-refractivity contribution in [2.45, 2.75) is 51.5 Å². The zero-order valence-electron chi connectivity index (χ0n) is 14.0. The Morgan fingerprint density at radius 3 is 2.70 bits per heavy atom. The van der Waals surface area contributed by atoms with E-state index in [-0.39, 0.29) is 42.6 Å². The second kappa shape index (κ2) is 11.0. The molecule has 23 heavy (non-hydrogen) atoms. The van der Waals surface area contributed by atoms with E-state index in [0.717, 1.165) is 44.9 Å². The van der Waals surface area contributed by atoms with Gasteiger partial charge in [-0.05, 0) is 32.6 Å². The summed E-state index contributed by atoms with van der Waals surface area (Å²) in [5, 5.41) is 6.55. The highest BCUT2D eigenvalue weighted by Crippen LogP contribution is 2.27. The van der Waals surface area contributed by atoms with E-state index in [4.69, 9.17) is 0 Å². The third-order valence-corrected chi connectivity index (χ3v) is 4.45. The van der Waals surface area contributed by atoms with Gasteiger partial charge in [0.25, 0.3) is 0 Å². The fourth-order valence-electron chi connectivity index (χ4n) is 3.27. The molecule has 0 aromatic heterocycles. The number of rotatable bonds is 6. The molecule has 1 heterocycles. The molecule has 0 bridgehead atoms. The minimum atomic E-state index is -0.337.